The van der Waals surface area contributed by atoms with E-state index in [2.05, 4.69) is 10.1 Å². The van der Waals surface area contributed by atoms with E-state index in [1.54, 1.807) is 17.0 Å². The molecule has 2 aromatic carbocycles. The Hall–Kier alpha value is -3.22. The molecule has 1 aliphatic rings. The van der Waals surface area contributed by atoms with Crippen LogP contribution in [0.5, 0.6) is 5.75 Å². The molecule has 0 bridgehead atoms. The predicted molar refractivity (Wildman–Crippen MR) is 97.0 cm³/mol. The van der Waals surface area contributed by atoms with Crippen molar-refractivity contribution in [1.29, 1.82) is 0 Å². The normalized spacial score (nSPS) is 16.7. The second-order valence-electron chi connectivity index (χ2n) is 6.27. The lowest BCUT2D eigenvalue weighted by Crippen LogP contribution is -2.25. The molecule has 1 aliphatic heterocycles. The minimum absolute atomic E-state index is 0.0197. The molecule has 1 unspecified atom stereocenters. The van der Waals surface area contributed by atoms with Crippen molar-refractivity contribution in [3.05, 3.63) is 60.2 Å². The summed E-state index contributed by atoms with van der Waals surface area (Å²) in [5, 5.41) is 3.97. The van der Waals surface area contributed by atoms with Crippen molar-refractivity contribution in [3.63, 3.8) is 0 Å². The molecule has 1 amide bonds. The van der Waals surface area contributed by atoms with Crippen LogP contribution in [0.4, 0.5) is 10.1 Å². The molecule has 1 aromatic heterocycles. The third kappa shape index (κ3) is 3.40. The fourth-order valence-electron chi connectivity index (χ4n) is 3.18. The third-order valence-corrected chi connectivity index (χ3v) is 4.47. The van der Waals surface area contributed by atoms with E-state index in [1.165, 1.54) is 12.1 Å². The average Bonchev–Trinajstić information content (AvgIpc) is 3.30. The lowest BCUT2D eigenvalue weighted by Gasteiger charge is -2.19. The second-order valence-corrected chi connectivity index (χ2v) is 6.27. The fraction of sp³-hybridized carbons (Fsp3) is 0.250. The van der Waals surface area contributed by atoms with E-state index in [4.69, 9.17) is 9.26 Å². The van der Waals surface area contributed by atoms with E-state index in [1.807, 2.05) is 31.2 Å². The highest BCUT2D eigenvalue weighted by molar-refractivity contribution is 5.97. The van der Waals surface area contributed by atoms with Gasteiger partial charge >= 0.3 is 0 Å². The van der Waals surface area contributed by atoms with Gasteiger partial charge in [0.25, 0.3) is 0 Å². The Kier molecular flexibility index (Phi) is 4.58. The number of hydrogen-bond acceptors (Lipinski definition) is 5. The summed E-state index contributed by atoms with van der Waals surface area (Å²) in [5.74, 6) is 0.909. The van der Waals surface area contributed by atoms with Gasteiger partial charge in [0.05, 0.1) is 18.2 Å². The lowest BCUT2D eigenvalue weighted by atomic mass is 10.1. The second kappa shape index (κ2) is 7.19. The Morgan fingerprint density at radius 3 is 2.78 bits per heavy atom. The molecule has 6 nitrogen and oxygen atoms in total. The van der Waals surface area contributed by atoms with E-state index < -0.39 is 0 Å². The molecule has 2 heterocycles. The first-order chi connectivity index (χ1) is 13.2. The molecule has 0 spiro atoms. The van der Waals surface area contributed by atoms with Crippen molar-refractivity contribution in [2.24, 2.45) is 0 Å². The zero-order valence-corrected chi connectivity index (χ0v) is 14.8. The van der Waals surface area contributed by atoms with Crippen LogP contribution in [0.25, 0.3) is 11.4 Å². The maximum Gasteiger partial charge on any atom is 0.232 e. The van der Waals surface area contributed by atoms with Gasteiger partial charge in [0.2, 0.25) is 17.6 Å². The van der Waals surface area contributed by atoms with Gasteiger partial charge in [0, 0.05) is 18.5 Å². The monoisotopic (exact) mass is 367 g/mol. The summed E-state index contributed by atoms with van der Waals surface area (Å²) >= 11 is 0. The van der Waals surface area contributed by atoms with Crippen LogP contribution < -0.4 is 9.64 Å². The van der Waals surface area contributed by atoms with Gasteiger partial charge in [-0.2, -0.15) is 4.98 Å². The summed E-state index contributed by atoms with van der Waals surface area (Å²) in [6.45, 7) is 2.86. The van der Waals surface area contributed by atoms with Gasteiger partial charge < -0.3 is 14.2 Å². The van der Waals surface area contributed by atoms with E-state index in [9.17, 15) is 9.18 Å². The zero-order chi connectivity index (χ0) is 18.8. The number of carbonyl (C=O) groups is 1. The Morgan fingerprint density at radius 1 is 1.22 bits per heavy atom. The first-order valence-electron chi connectivity index (χ1n) is 8.77. The van der Waals surface area contributed by atoms with Crippen LogP contribution in [0.2, 0.25) is 0 Å². The highest BCUT2D eigenvalue weighted by Crippen LogP contribution is 2.36. The Bertz CT molecular complexity index is 955. The third-order valence-electron chi connectivity index (χ3n) is 4.47. The van der Waals surface area contributed by atoms with Gasteiger partial charge in [-0.3, -0.25) is 4.79 Å². The standard InChI is InChI=1S/C20H18FN3O3/c1-2-26-17-6-4-3-5-16(17)24-12-14(11-18(24)25)20-22-19(23-27-20)13-7-9-15(21)10-8-13/h3-10,14H,2,11-12H2,1H3. The molecule has 4 rings (SSSR count). The van der Waals surface area contributed by atoms with Crippen LogP contribution in [0, 0.1) is 5.82 Å². The van der Waals surface area contributed by atoms with Gasteiger partial charge in [0.15, 0.2) is 0 Å². The molecule has 1 fully saturated rings. The Labute approximate surface area is 155 Å². The van der Waals surface area contributed by atoms with Crippen LogP contribution in [0.1, 0.15) is 25.2 Å². The van der Waals surface area contributed by atoms with Crippen LogP contribution >= 0.6 is 0 Å². The first-order valence-corrected chi connectivity index (χ1v) is 8.77. The van der Waals surface area contributed by atoms with Crippen molar-refractivity contribution < 1.29 is 18.4 Å². The van der Waals surface area contributed by atoms with E-state index in [-0.39, 0.29) is 24.1 Å². The van der Waals surface area contributed by atoms with Crippen molar-refractivity contribution in [3.8, 4) is 17.1 Å². The number of aromatic nitrogens is 2. The number of para-hydroxylation sites is 2. The zero-order valence-electron chi connectivity index (χ0n) is 14.8. The maximum atomic E-state index is 13.1. The minimum atomic E-state index is -0.326. The van der Waals surface area contributed by atoms with E-state index >= 15 is 0 Å². The molecule has 7 heteroatoms. The quantitative estimate of drug-likeness (QED) is 0.686. The highest BCUT2D eigenvalue weighted by atomic mass is 19.1. The molecule has 1 saturated heterocycles. The van der Waals surface area contributed by atoms with Gasteiger partial charge in [-0.25, -0.2) is 4.39 Å². The maximum absolute atomic E-state index is 13.1. The largest absolute Gasteiger partial charge is 0.492 e. The minimum Gasteiger partial charge on any atom is -0.492 e. The smallest absolute Gasteiger partial charge is 0.232 e. The summed E-state index contributed by atoms with van der Waals surface area (Å²) < 4.78 is 24.1. The number of hydrogen-bond donors (Lipinski definition) is 0. The van der Waals surface area contributed by atoms with Crippen LogP contribution in [-0.4, -0.2) is 29.2 Å². The summed E-state index contributed by atoms with van der Waals surface area (Å²) in [5.41, 5.74) is 1.40. The van der Waals surface area contributed by atoms with Crippen molar-refractivity contribution in [1.82, 2.24) is 10.1 Å². The number of ether oxygens (including phenoxy) is 1. The number of rotatable bonds is 5. The fourth-order valence-corrected chi connectivity index (χ4v) is 3.18. The summed E-state index contributed by atoms with van der Waals surface area (Å²) in [7, 11) is 0. The Morgan fingerprint density at radius 2 is 2.00 bits per heavy atom. The summed E-state index contributed by atoms with van der Waals surface area (Å²) in [4.78, 5) is 18.7. The molecule has 3 aromatic rings. The van der Waals surface area contributed by atoms with Crippen molar-refractivity contribution in [2.75, 3.05) is 18.1 Å². The number of halogens is 1. The van der Waals surface area contributed by atoms with Crippen LogP contribution in [0.15, 0.2) is 53.1 Å². The van der Waals surface area contributed by atoms with Gasteiger partial charge in [-0.1, -0.05) is 17.3 Å². The molecule has 138 valence electrons. The number of anilines is 1. The van der Waals surface area contributed by atoms with Crippen LogP contribution in [0.3, 0.4) is 0 Å². The lowest BCUT2D eigenvalue weighted by molar-refractivity contribution is -0.117. The van der Waals surface area contributed by atoms with Crippen molar-refractivity contribution >= 4 is 11.6 Å². The van der Waals surface area contributed by atoms with Crippen molar-refractivity contribution in [2.45, 2.75) is 19.3 Å². The SMILES string of the molecule is CCOc1ccccc1N1CC(c2nc(-c3ccc(F)cc3)no2)CC1=O. The molecular weight excluding hydrogens is 349 g/mol. The topological polar surface area (TPSA) is 68.5 Å². The van der Waals surface area contributed by atoms with Gasteiger partial charge in [0.1, 0.15) is 11.6 Å². The average molecular weight is 367 g/mol. The molecule has 1 atom stereocenters. The molecular formula is C20H18FN3O3. The Balaban J connectivity index is 1.56. The molecule has 27 heavy (non-hydrogen) atoms. The molecule has 0 aliphatic carbocycles. The van der Waals surface area contributed by atoms with Crippen LogP contribution in [-0.2, 0) is 4.79 Å². The number of nitrogens with zero attached hydrogens (tertiary/aromatic N) is 3. The molecule has 0 N–H and O–H groups in total. The molecule has 0 saturated carbocycles. The van der Waals surface area contributed by atoms with E-state index in [0.717, 1.165) is 5.69 Å². The van der Waals surface area contributed by atoms with Gasteiger partial charge in [-0.05, 0) is 43.3 Å². The number of carbonyl (C=O) groups excluding carboxylic acids is 1. The highest BCUT2D eigenvalue weighted by Gasteiger charge is 2.36. The summed E-state index contributed by atoms with van der Waals surface area (Å²) in [6.07, 6.45) is 0.283. The predicted octanol–water partition coefficient (Wildman–Crippen LogP) is 3.79. The molecule has 0 radical (unpaired) electrons. The number of benzene rings is 2. The number of amides is 1. The van der Waals surface area contributed by atoms with Gasteiger partial charge in [-0.15, -0.1) is 0 Å². The summed E-state index contributed by atoms with van der Waals surface area (Å²) in [6, 6.07) is 13.3. The first kappa shape index (κ1) is 17.2. The van der Waals surface area contributed by atoms with E-state index in [0.29, 0.717) is 36.2 Å².